The molecule has 0 spiro atoms. The van der Waals surface area contributed by atoms with Gasteiger partial charge in [-0.3, -0.25) is 4.79 Å². The molecule has 0 aliphatic heterocycles. The molecule has 2 atom stereocenters. The second-order valence-electron chi connectivity index (χ2n) is 5.74. The lowest BCUT2D eigenvalue weighted by molar-refractivity contribution is -0.144. The molecule has 1 aromatic carbocycles. The van der Waals surface area contributed by atoms with E-state index in [9.17, 15) is 26.6 Å². The van der Waals surface area contributed by atoms with Gasteiger partial charge in [0.05, 0.1) is 15.7 Å². The van der Waals surface area contributed by atoms with Crippen molar-refractivity contribution in [2.24, 2.45) is 0 Å². The van der Waals surface area contributed by atoms with Crippen LogP contribution in [0.3, 0.4) is 0 Å². The van der Waals surface area contributed by atoms with E-state index in [4.69, 9.17) is 0 Å². The van der Waals surface area contributed by atoms with Crippen LogP contribution in [-0.2, 0) is 21.3 Å². The standard InChI is InChI=1S/C14H17F4NO2S/c1-12(2,3)22(21)19-13(8-15,14(17,18)9-20)10-6-4-5-7-11(10)16/h4-7,9,19H,8H2,1-3H3. The molecule has 22 heavy (non-hydrogen) atoms. The molecule has 0 bridgehead atoms. The molecule has 0 aromatic heterocycles. The van der Waals surface area contributed by atoms with Crippen LogP contribution in [0.5, 0.6) is 0 Å². The van der Waals surface area contributed by atoms with Gasteiger partial charge in [-0.2, -0.15) is 8.78 Å². The molecule has 0 saturated carbocycles. The third-order valence-corrected chi connectivity index (χ3v) is 4.72. The van der Waals surface area contributed by atoms with E-state index < -0.39 is 51.5 Å². The number of halogens is 4. The lowest BCUT2D eigenvalue weighted by Crippen LogP contribution is -2.61. The predicted octanol–water partition coefficient (Wildman–Crippen LogP) is 2.88. The fraction of sp³-hybridized carbons (Fsp3) is 0.500. The van der Waals surface area contributed by atoms with Gasteiger partial charge in [0.1, 0.15) is 12.5 Å². The number of alkyl halides is 3. The van der Waals surface area contributed by atoms with Crippen LogP contribution in [0, 0.1) is 5.82 Å². The number of carbonyl (C=O) groups excluding carboxylic acids is 1. The van der Waals surface area contributed by atoms with Crippen molar-refractivity contribution in [2.75, 3.05) is 6.67 Å². The molecule has 0 radical (unpaired) electrons. The molecule has 1 rings (SSSR count). The van der Waals surface area contributed by atoms with Gasteiger partial charge in [0.2, 0.25) is 0 Å². The molecule has 3 nitrogen and oxygen atoms in total. The minimum atomic E-state index is -4.30. The first-order chi connectivity index (χ1) is 10.0. The Hall–Kier alpha value is -1.28. The van der Waals surface area contributed by atoms with E-state index in [1.807, 2.05) is 4.72 Å². The van der Waals surface area contributed by atoms with Gasteiger partial charge in [-0.25, -0.2) is 17.7 Å². The Balaban J connectivity index is 3.54. The predicted molar refractivity (Wildman–Crippen MR) is 76.1 cm³/mol. The van der Waals surface area contributed by atoms with Crippen molar-refractivity contribution in [3.63, 3.8) is 0 Å². The van der Waals surface area contributed by atoms with Gasteiger partial charge in [0.25, 0.3) is 0 Å². The highest BCUT2D eigenvalue weighted by Crippen LogP contribution is 2.39. The van der Waals surface area contributed by atoms with Crippen molar-refractivity contribution in [1.29, 1.82) is 0 Å². The SMILES string of the molecule is CC(C)(C)S(=O)NC(CF)(c1ccccc1F)C(F)(F)C=O. The molecular weight excluding hydrogens is 322 g/mol. The Labute approximate surface area is 128 Å². The lowest BCUT2D eigenvalue weighted by atomic mass is 9.86. The summed E-state index contributed by atoms with van der Waals surface area (Å²) in [6.07, 6.45) is -0.772. The van der Waals surface area contributed by atoms with Crippen LogP contribution < -0.4 is 4.72 Å². The van der Waals surface area contributed by atoms with E-state index in [1.165, 1.54) is 32.9 Å². The number of carbonyl (C=O) groups is 1. The highest BCUT2D eigenvalue weighted by atomic mass is 32.2. The maximum atomic E-state index is 14.1. The molecule has 8 heteroatoms. The van der Waals surface area contributed by atoms with Crippen LogP contribution in [0.2, 0.25) is 0 Å². The van der Waals surface area contributed by atoms with Crippen molar-refractivity contribution >= 4 is 17.3 Å². The Morgan fingerprint density at radius 1 is 1.23 bits per heavy atom. The molecule has 1 N–H and O–H groups in total. The Morgan fingerprint density at radius 3 is 2.18 bits per heavy atom. The fourth-order valence-electron chi connectivity index (χ4n) is 1.71. The van der Waals surface area contributed by atoms with Gasteiger partial charge in [0, 0.05) is 5.56 Å². The molecular formula is C14H17F4NO2S. The van der Waals surface area contributed by atoms with Crippen LogP contribution in [0.4, 0.5) is 17.6 Å². The molecule has 0 fully saturated rings. The van der Waals surface area contributed by atoms with E-state index in [2.05, 4.69) is 0 Å². The summed E-state index contributed by atoms with van der Waals surface area (Å²) in [6, 6.07) is 4.26. The maximum Gasteiger partial charge on any atom is 0.327 e. The smallest absolute Gasteiger partial charge is 0.297 e. The van der Waals surface area contributed by atoms with E-state index in [0.29, 0.717) is 0 Å². The number of hydrogen-bond acceptors (Lipinski definition) is 2. The number of rotatable bonds is 6. The Kier molecular flexibility index (Phi) is 5.51. The number of benzene rings is 1. The van der Waals surface area contributed by atoms with Gasteiger partial charge < -0.3 is 0 Å². The summed E-state index contributed by atoms with van der Waals surface area (Å²) in [5, 5.41) is 0. The van der Waals surface area contributed by atoms with Crippen LogP contribution in [0.15, 0.2) is 24.3 Å². The monoisotopic (exact) mass is 339 g/mol. The molecule has 0 heterocycles. The first-order valence-corrected chi connectivity index (χ1v) is 7.51. The fourth-order valence-corrected chi connectivity index (χ4v) is 2.63. The zero-order valence-corrected chi connectivity index (χ0v) is 13.1. The second kappa shape index (κ2) is 6.45. The Morgan fingerprint density at radius 2 is 1.77 bits per heavy atom. The first-order valence-electron chi connectivity index (χ1n) is 6.36. The normalized spacial score (nSPS) is 16.9. The summed E-state index contributed by atoms with van der Waals surface area (Å²) < 4.78 is 68.8. The summed E-state index contributed by atoms with van der Waals surface area (Å²) in [5.41, 5.74) is -3.80. The van der Waals surface area contributed by atoms with E-state index in [0.717, 1.165) is 12.1 Å². The zero-order valence-electron chi connectivity index (χ0n) is 12.3. The number of nitrogens with one attached hydrogen (secondary N) is 1. The summed E-state index contributed by atoms with van der Waals surface area (Å²) >= 11 is 0. The molecule has 1 aromatic rings. The number of aldehydes is 1. The molecule has 0 amide bonds. The average molecular weight is 339 g/mol. The van der Waals surface area contributed by atoms with Crippen molar-refractivity contribution in [2.45, 2.75) is 37.0 Å². The summed E-state index contributed by atoms with van der Waals surface area (Å²) in [5.74, 6) is -5.43. The van der Waals surface area contributed by atoms with Gasteiger partial charge in [-0.1, -0.05) is 18.2 Å². The number of hydrogen-bond donors (Lipinski definition) is 1. The van der Waals surface area contributed by atoms with E-state index in [1.54, 1.807) is 0 Å². The van der Waals surface area contributed by atoms with Gasteiger partial charge in [0.15, 0.2) is 11.8 Å². The van der Waals surface area contributed by atoms with Crippen molar-refractivity contribution in [3.05, 3.63) is 35.6 Å². The maximum absolute atomic E-state index is 14.1. The topological polar surface area (TPSA) is 46.2 Å². The third kappa shape index (κ3) is 3.38. The Bertz CT molecular complexity index is 574. The van der Waals surface area contributed by atoms with Crippen molar-refractivity contribution in [1.82, 2.24) is 4.72 Å². The van der Waals surface area contributed by atoms with Gasteiger partial charge >= 0.3 is 5.92 Å². The molecule has 124 valence electrons. The largest absolute Gasteiger partial charge is 0.327 e. The highest BCUT2D eigenvalue weighted by molar-refractivity contribution is 7.84. The zero-order chi connectivity index (χ0) is 17.2. The minimum absolute atomic E-state index is 0.757. The van der Waals surface area contributed by atoms with Gasteiger partial charge in [-0.05, 0) is 26.8 Å². The van der Waals surface area contributed by atoms with E-state index >= 15 is 0 Å². The third-order valence-electron chi connectivity index (χ3n) is 3.07. The van der Waals surface area contributed by atoms with Crippen LogP contribution in [0.1, 0.15) is 26.3 Å². The molecule has 0 saturated heterocycles. The molecule has 0 aliphatic carbocycles. The van der Waals surface area contributed by atoms with Crippen LogP contribution >= 0.6 is 0 Å². The summed E-state index contributed by atoms with van der Waals surface area (Å²) in [4.78, 5) is 10.8. The van der Waals surface area contributed by atoms with E-state index in [-0.39, 0.29) is 0 Å². The lowest BCUT2D eigenvalue weighted by Gasteiger charge is -2.38. The summed E-state index contributed by atoms with van der Waals surface area (Å²) in [6.45, 7) is 2.60. The van der Waals surface area contributed by atoms with Crippen LogP contribution in [0.25, 0.3) is 0 Å². The first kappa shape index (κ1) is 18.8. The van der Waals surface area contributed by atoms with Gasteiger partial charge in [-0.15, -0.1) is 0 Å². The van der Waals surface area contributed by atoms with Crippen molar-refractivity contribution < 1.29 is 26.6 Å². The minimum Gasteiger partial charge on any atom is -0.297 e. The highest BCUT2D eigenvalue weighted by Gasteiger charge is 2.58. The second-order valence-corrected chi connectivity index (χ2v) is 7.71. The molecule has 0 aliphatic rings. The molecule has 2 unspecified atom stereocenters. The average Bonchev–Trinajstić information content (AvgIpc) is 2.44. The quantitative estimate of drug-likeness (QED) is 0.640. The summed E-state index contributed by atoms with van der Waals surface area (Å²) in [7, 11) is -2.16. The van der Waals surface area contributed by atoms with Crippen molar-refractivity contribution in [3.8, 4) is 0 Å². The van der Waals surface area contributed by atoms with Crippen LogP contribution in [-0.4, -0.2) is 27.8 Å².